The average molecular weight is 2040 g/mol. The van der Waals surface area contributed by atoms with Crippen molar-refractivity contribution in [3.05, 3.63) is 179 Å². The number of hydrogen-bond acceptors (Lipinski definition) is 31. The normalized spacial score (nSPS) is 13.4. The Morgan fingerprint density at radius 1 is 0.483 bits per heavy atom. The summed E-state index contributed by atoms with van der Waals surface area (Å²) in [7, 11) is 1.89. The van der Waals surface area contributed by atoms with E-state index < -0.39 is 100 Å². The summed E-state index contributed by atoms with van der Waals surface area (Å²) in [6.07, 6.45) is 22.9. The average Bonchev–Trinajstić information content (AvgIpc) is 1.68. The van der Waals surface area contributed by atoms with Crippen LogP contribution < -0.4 is 39.7 Å². The van der Waals surface area contributed by atoms with Gasteiger partial charge in [0.25, 0.3) is 11.8 Å². The number of nitrogens with zero attached hydrogens (tertiary/aromatic N) is 20. The van der Waals surface area contributed by atoms with Crippen LogP contribution in [0.5, 0.6) is 23.3 Å². The fourth-order valence-corrected chi connectivity index (χ4v) is 16.4. The molecule has 39 nitrogen and oxygen atoms in total. The number of morpholine rings is 1. The van der Waals surface area contributed by atoms with Crippen LogP contribution in [0.25, 0.3) is 44.7 Å². The van der Waals surface area contributed by atoms with Crippen LogP contribution >= 0.6 is 0 Å². The second kappa shape index (κ2) is 51.0. The highest BCUT2D eigenvalue weighted by Gasteiger charge is 2.36. The minimum absolute atomic E-state index is 0.00682. The van der Waals surface area contributed by atoms with E-state index in [0.717, 1.165) is 86.9 Å². The first-order valence-corrected chi connectivity index (χ1v) is 49.1. The van der Waals surface area contributed by atoms with Crippen molar-refractivity contribution in [2.75, 3.05) is 89.9 Å². The Hall–Kier alpha value is -15.2. The maximum Gasteiger partial charge on any atom is 0.417 e. The van der Waals surface area contributed by atoms with Crippen molar-refractivity contribution in [2.24, 2.45) is 0 Å². The van der Waals surface area contributed by atoms with Crippen LogP contribution in [-0.2, 0) is 98.2 Å². The molecule has 0 bridgehead atoms. The number of fused-ring (bicyclic) bond motifs is 4. The number of carbonyl (C=O) groups excluding carboxylic acids is 6. The first-order valence-electron chi connectivity index (χ1n) is 49.1. The summed E-state index contributed by atoms with van der Waals surface area (Å²) in [6, 6.07) is 25.1. The number of ether oxygens (including phenoxy) is 8. The van der Waals surface area contributed by atoms with E-state index in [4.69, 9.17) is 47.4 Å². The van der Waals surface area contributed by atoms with Gasteiger partial charge in [0.05, 0.1) is 84.2 Å². The molecule has 9 aromatic heterocycles. The molecule has 2 saturated carbocycles. The molecule has 0 radical (unpaired) electrons. The van der Waals surface area contributed by atoms with Crippen LogP contribution in [-0.4, -0.2) is 196 Å². The van der Waals surface area contributed by atoms with Gasteiger partial charge in [-0.2, -0.15) is 48.7 Å². The number of carbonyl (C=O) groups is 7. The SMILES string of the molecule is CCCCC(=O)Nc1nc(N2CCOCC2)c2ncn(CC(=O)OCC)c2n1.CCCCCNc1nc(N(C)Cc2ccco2)c2ncn(CC(=O)O)c2n1.CCOC(=O)Cn1cnc2c(Oc3c(F)c(F)c(F)c(F)c3F)nc(N(Cc3ccc(C4CCCCC4)cc3)C(=O)OC(C)(C)C)nc21.CCOC(=O)Cn1cnc2c(Oc3ccc(F)cc3)nc(N(Cc3ccc(C4CCCCC4)cc3)C(=O)OC(C)(C)C)nc21. The number of amides is 3. The zero-order chi connectivity index (χ0) is 105. The first kappa shape index (κ1) is 109. The van der Waals surface area contributed by atoms with Gasteiger partial charge in [-0.1, -0.05) is 120 Å². The molecular formula is C102H122F6N22O17. The number of furan rings is 1. The number of hydrogen-bond donors (Lipinski definition) is 3. The molecular weight excluding hydrogens is 1920 g/mol. The molecule has 147 heavy (non-hydrogen) atoms. The molecule has 1 saturated heterocycles. The lowest BCUT2D eigenvalue weighted by atomic mass is 9.84. The van der Waals surface area contributed by atoms with E-state index in [0.29, 0.717) is 109 Å². The lowest BCUT2D eigenvalue weighted by Crippen LogP contribution is -2.37. The van der Waals surface area contributed by atoms with Crippen LogP contribution in [0.15, 0.2) is 121 Å². The summed E-state index contributed by atoms with van der Waals surface area (Å²) >= 11 is 0. The number of imidazole rings is 4. The molecule has 3 amide bonds. The number of anilines is 6. The third-order valence-corrected chi connectivity index (χ3v) is 23.5. The smallest absolute Gasteiger partial charge is 0.417 e. The summed E-state index contributed by atoms with van der Waals surface area (Å²) in [5, 5.41) is 15.1. The van der Waals surface area contributed by atoms with Crippen molar-refractivity contribution in [3.63, 3.8) is 0 Å². The van der Waals surface area contributed by atoms with E-state index in [2.05, 4.69) is 94.4 Å². The number of halogens is 6. The predicted molar refractivity (Wildman–Crippen MR) is 531 cm³/mol. The number of nitrogens with one attached hydrogen (secondary N) is 2. The lowest BCUT2D eigenvalue weighted by molar-refractivity contribution is -0.144. The zero-order valence-electron chi connectivity index (χ0n) is 84.2. The van der Waals surface area contributed by atoms with Crippen LogP contribution in [0.1, 0.15) is 219 Å². The summed E-state index contributed by atoms with van der Waals surface area (Å²) in [4.78, 5) is 147. The quantitative estimate of drug-likeness (QED) is 0.00820. The third kappa shape index (κ3) is 29.6. The van der Waals surface area contributed by atoms with Gasteiger partial charge in [-0.15, -0.1) is 0 Å². The Balaban J connectivity index is 0.000000169. The topological polar surface area (TPSA) is 438 Å². The maximum atomic E-state index is 14.7. The monoisotopic (exact) mass is 2040 g/mol. The Kier molecular flexibility index (Phi) is 37.8. The van der Waals surface area contributed by atoms with Crippen molar-refractivity contribution in [3.8, 4) is 23.3 Å². The van der Waals surface area contributed by atoms with Crippen LogP contribution in [0.2, 0.25) is 0 Å². The fraction of sp³-hybridized carbons (Fsp3) is 0.461. The summed E-state index contributed by atoms with van der Waals surface area (Å²) in [6.45, 7) is 23.0. The van der Waals surface area contributed by atoms with Crippen LogP contribution in [0, 0.1) is 34.9 Å². The minimum Gasteiger partial charge on any atom is -0.480 e. The van der Waals surface area contributed by atoms with Gasteiger partial charge >= 0.3 is 36.1 Å². The fourth-order valence-electron chi connectivity index (χ4n) is 16.4. The molecule has 2 aliphatic carbocycles. The molecule has 45 heteroatoms. The molecule has 16 rings (SSSR count). The number of benzene rings is 4. The number of esters is 3. The Labute approximate surface area is 843 Å². The van der Waals surface area contributed by atoms with Gasteiger partial charge < -0.3 is 80.8 Å². The molecule has 3 N–H and O–H groups in total. The Bertz CT molecular complexity index is 6650. The van der Waals surface area contributed by atoms with E-state index in [1.807, 2.05) is 67.4 Å². The van der Waals surface area contributed by atoms with Crippen molar-refractivity contribution in [1.29, 1.82) is 0 Å². The van der Waals surface area contributed by atoms with E-state index in [9.17, 15) is 59.9 Å². The number of aromatic nitrogens is 16. The van der Waals surface area contributed by atoms with Crippen LogP contribution in [0.3, 0.4) is 0 Å². The van der Waals surface area contributed by atoms with Crippen molar-refractivity contribution < 1.29 is 107 Å². The number of carboxylic acid groups (broad SMARTS) is 1. The van der Waals surface area contributed by atoms with E-state index in [1.54, 1.807) is 79.5 Å². The third-order valence-electron chi connectivity index (χ3n) is 23.5. The van der Waals surface area contributed by atoms with Crippen molar-refractivity contribution in [1.82, 2.24) is 78.1 Å². The van der Waals surface area contributed by atoms with Gasteiger partial charge in [0.15, 0.2) is 56.3 Å². The van der Waals surface area contributed by atoms with Gasteiger partial charge in [0.1, 0.15) is 54.7 Å². The lowest BCUT2D eigenvalue weighted by Gasteiger charge is -2.28. The summed E-state index contributed by atoms with van der Waals surface area (Å²) in [5.74, 6) is -13.2. The first-order chi connectivity index (χ1) is 70.6. The van der Waals surface area contributed by atoms with Gasteiger partial charge in [-0.3, -0.25) is 29.3 Å². The van der Waals surface area contributed by atoms with Crippen molar-refractivity contribution in [2.45, 2.75) is 248 Å². The minimum atomic E-state index is -2.38. The largest absolute Gasteiger partial charge is 0.480 e. The van der Waals surface area contributed by atoms with E-state index >= 15 is 0 Å². The van der Waals surface area contributed by atoms with Crippen molar-refractivity contribution >= 4 is 122 Å². The standard InChI is InChI=1S/C33H34F5N5O5.C33H38FN5O5.C18H26N6O4.C18H24N6O3/c1-5-46-21(44)16-42-17-39-27-29(42)40-31(41-30(27)47-28-25(37)23(35)22(34)24(36)26(28)38)43(32(45)48-33(2,3)4)15-18-11-13-20(14-12-18)19-9-7-6-8-10-19;1-5-42-27(40)20-38-21-35-28-29(38)36-31(37-30(28)43-26-17-15-25(34)16-18-26)39(32(41)44-33(2,3)4)19-22-11-13-24(14-12-22)23-9-7-6-8-10-23;1-3-5-6-13(25)20-18-21-16(23-7-9-27-10-8-23)15-17(22-18)24(12-19-15)11-14(26)28-4-2;1-3-4-5-8-19-18-21-16(23(2)10-13-7-6-9-27-13)15-17(22-18)24(12-20-15)11-14(25)26/h11-14,17,19H,5-10,15-16H2,1-4H3;11-18,21,23H,5-10,19-20H2,1-4H3;12H,3-11H2,1-2H3,(H,20,21,22,25);6-7,9,12H,3-5,8,10-11H2,1-2H3,(H,25,26)(H,19,21,22). The summed E-state index contributed by atoms with van der Waals surface area (Å²) < 4.78 is 139. The number of carboxylic acids is 1. The van der Waals surface area contributed by atoms with E-state index in [1.165, 1.54) is 105 Å². The molecule has 1 aliphatic heterocycles. The number of rotatable bonds is 36. The van der Waals surface area contributed by atoms with Gasteiger partial charge in [0, 0.05) is 33.1 Å². The highest BCUT2D eigenvalue weighted by atomic mass is 19.2. The van der Waals surface area contributed by atoms with Crippen LogP contribution in [0.4, 0.5) is 71.4 Å². The maximum absolute atomic E-state index is 14.7. The second-order valence-electron chi connectivity index (χ2n) is 37.1. The predicted octanol–water partition coefficient (Wildman–Crippen LogP) is 19.3. The number of unbranched alkanes of at least 4 members (excludes halogenated alkanes) is 3. The molecule has 3 aliphatic rings. The van der Waals surface area contributed by atoms with Gasteiger partial charge in [-0.05, 0) is 171 Å². The second-order valence-corrected chi connectivity index (χ2v) is 37.1. The highest BCUT2D eigenvalue weighted by Crippen LogP contribution is 2.40. The summed E-state index contributed by atoms with van der Waals surface area (Å²) in [5.41, 5.74) is 4.34. The van der Waals surface area contributed by atoms with Gasteiger partial charge in [0.2, 0.25) is 64.5 Å². The molecule has 3 fully saturated rings. The molecule has 4 aromatic carbocycles. The van der Waals surface area contributed by atoms with Gasteiger partial charge in [-0.25, -0.2) is 56.9 Å². The molecule has 0 spiro atoms. The molecule has 10 heterocycles. The van der Waals surface area contributed by atoms with E-state index in [-0.39, 0.29) is 97.9 Å². The zero-order valence-corrected chi connectivity index (χ0v) is 84.2. The Morgan fingerprint density at radius 2 is 0.932 bits per heavy atom. The molecule has 0 atom stereocenters. The molecule has 13 aromatic rings. The highest BCUT2D eigenvalue weighted by molar-refractivity contribution is 5.93. The molecule has 0 unspecified atom stereocenters. The Morgan fingerprint density at radius 3 is 1.39 bits per heavy atom. The molecule has 784 valence electrons. The number of aliphatic carboxylic acids is 1.